The van der Waals surface area contributed by atoms with Gasteiger partial charge in [-0.15, -0.1) is 0 Å². The van der Waals surface area contributed by atoms with Crippen molar-refractivity contribution >= 4 is 27.9 Å². The summed E-state index contributed by atoms with van der Waals surface area (Å²) >= 11 is -4.60. The van der Waals surface area contributed by atoms with Gasteiger partial charge in [0.1, 0.15) is 0 Å². The quantitative estimate of drug-likeness (QED) is 0.332. The first-order valence-corrected chi connectivity index (χ1v) is 7.37. The first-order chi connectivity index (χ1) is 7.70. The van der Waals surface area contributed by atoms with Gasteiger partial charge < -0.3 is 14.6 Å². The third-order valence-corrected chi connectivity index (χ3v) is 5.73. The molecule has 0 saturated carbocycles. The topological polar surface area (TPSA) is 111 Å². The highest BCUT2D eigenvalue weighted by molar-refractivity contribution is 7.83. The average Bonchev–Trinajstić information content (AvgIpc) is 2.28. The van der Waals surface area contributed by atoms with Crippen LogP contribution in [0.1, 0.15) is 40.5 Å². The average molecular weight is 282 g/mol. The first kappa shape index (κ1) is 16.6. The second kappa shape index (κ2) is 5.97. The van der Waals surface area contributed by atoms with Crippen molar-refractivity contribution in [1.82, 2.24) is 0 Å². The SMILES string of the molecule is CCC(C)(C(=[N+]=[N-])C(C)(CC)S(=O)O)S(=O)O. The van der Waals surface area contributed by atoms with Crippen LogP contribution < -0.4 is 0 Å². The standard InChI is InChI=1S/C9H18N2O4S2/c1-5-8(3,16(12)13)7(11-10)9(4,6-2)17(14)15/h5-6H2,1-4H3,(H,12,13)(H,14,15). The van der Waals surface area contributed by atoms with Gasteiger partial charge in [0.15, 0.2) is 31.7 Å². The third-order valence-electron chi connectivity index (χ3n) is 3.22. The monoisotopic (exact) mass is 282 g/mol. The Balaban J connectivity index is 5.90. The summed E-state index contributed by atoms with van der Waals surface area (Å²) in [4.78, 5) is 3.03. The van der Waals surface area contributed by atoms with E-state index in [1.165, 1.54) is 13.8 Å². The highest BCUT2D eigenvalue weighted by Gasteiger charge is 2.55. The zero-order valence-corrected chi connectivity index (χ0v) is 12.0. The van der Waals surface area contributed by atoms with E-state index in [9.17, 15) is 17.5 Å². The highest BCUT2D eigenvalue weighted by atomic mass is 32.2. The largest absolute Gasteiger partial charge is 0.361 e. The molecule has 6 nitrogen and oxygen atoms in total. The summed E-state index contributed by atoms with van der Waals surface area (Å²) in [6.07, 6.45) is 0.421. The minimum atomic E-state index is -2.30. The molecule has 0 radical (unpaired) electrons. The van der Waals surface area contributed by atoms with Crippen LogP contribution in [0.4, 0.5) is 0 Å². The molecule has 0 aromatic carbocycles. The Kier molecular flexibility index (Phi) is 5.83. The Morgan fingerprint density at radius 1 is 1.12 bits per heavy atom. The lowest BCUT2D eigenvalue weighted by molar-refractivity contribution is -0.0173. The van der Waals surface area contributed by atoms with Gasteiger partial charge in [-0.1, -0.05) is 13.8 Å². The van der Waals surface area contributed by atoms with Crippen LogP contribution in [0.3, 0.4) is 0 Å². The van der Waals surface area contributed by atoms with Gasteiger partial charge in [-0.05, 0) is 26.7 Å². The van der Waals surface area contributed by atoms with Crippen molar-refractivity contribution < 1.29 is 22.3 Å². The van der Waals surface area contributed by atoms with E-state index >= 15 is 0 Å². The van der Waals surface area contributed by atoms with Gasteiger partial charge in [0.05, 0.1) is 0 Å². The molecule has 4 atom stereocenters. The molecule has 0 saturated heterocycles. The van der Waals surface area contributed by atoms with E-state index < -0.39 is 31.7 Å². The molecule has 100 valence electrons. The molecule has 0 amide bonds. The van der Waals surface area contributed by atoms with E-state index in [0.29, 0.717) is 0 Å². The third kappa shape index (κ3) is 2.89. The van der Waals surface area contributed by atoms with Crippen LogP contribution in [0, 0.1) is 0 Å². The van der Waals surface area contributed by atoms with E-state index in [1.54, 1.807) is 13.8 Å². The van der Waals surface area contributed by atoms with Gasteiger partial charge in [0, 0.05) is 0 Å². The number of nitrogens with zero attached hydrogens (tertiary/aromatic N) is 2. The maximum absolute atomic E-state index is 11.4. The van der Waals surface area contributed by atoms with Gasteiger partial charge >= 0.3 is 5.71 Å². The number of hydrogen-bond acceptors (Lipinski definition) is 2. The van der Waals surface area contributed by atoms with E-state index in [-0.39, 0.29) is 18.6 Å². The first-order valence-electron chi connectivity index (χ1n) is 5.15. The summed E-state index contributed by atoms with van der Waals surface area (Å²) in [6.45, 7) is 6.16. The lowest BCUT2D eigenvalue weighted by Crippen LogP contribution is -2.54. The van der Waals surface area contributed by atoms with Crippen LogP contribution in [0.25, 0.3) is 5.53 Å². The molecule has 0 aromatic heterocycles. The normalized spacial score (nSPS) is 21.8. The summed E-state index contributed by atoms with van der Waals surface area (Å²) in [5.74, 6) is 0. The van der Waals surface area contributed by atoms with E-state index in [2.05, 4.69) is 4.79 Å². The van der Waals surface area contributed by atoms with Gasteiger partial charge in [-0.2, -0.15) is 4.79 Å². The molecule has 0 heterocycles. The minimum Gasteiger partial charge on any atom is -0.361 e. The fourth-order valence-electron chi connectivity index (χ4n) is 1.52. The second-order valence-electron chi connectivity index (χ2n) is 4.12. The Morgan fingerprint density at radius 2 is 1.41 bits per heavy atom. The molecule has 0 aromatic rings. The predicted molar refractivity (Wildman–Crippen MR) is 67.6 cm³/mol. The summed E-state index contributed by atoms with van der Waals surface area (Å²) in [5, 5.41) is 0. The second-order valence-corrected chi connectivity index (χ2v) is 6.91. The smallest absolute Gasteiger partial charge is 0.310 e. The Hall–Kier alpha value is -0.400. The molecule has 0 spiro atoms. The van der Waals surface area contributed by atoms with E-state index in [4.69, 9.17) is 5.53 Å². The molecule has 0 fully saturated rings. The fraction of sp³-hybridized carbons (Fsp3) is 0.889. The molecule has 0 aliphatic heterocycles. The van der Waals surface area contributed by atoms with Gasteiger partial charge in [0.25, 0.3) is 0 Å². The summed E-state index contributed by atoms with van der Waals surface area (Å²) in [6, 6.07) is 0. The van der Waals surface area contributed by atoms with Crippen LogP contribution >= 0.6 is 0 Å². The van der Waals surface area contributed by atoms with E-state index in [1.807, 2.05) is 0 Å². The van der Waals surface area contributed by atoms with E-state index in [0.717, 1.165) is 0 Å². The van der Waals surface area contributed by atoms with Crippen LogP contribution in [0.2, 0.25) is 0 Å². The minimum absolute atomic E-state index is 0.128. The van der Waals surface area contributed by atoms with Crippen LogP contribution in [-0.2, 0) is 22.2 Å². The molecule has 2 N–H and O–H groups in total. The summed E-state index contributed by atoms with van der Waals surface area (Å²) in [5.41, 5.74) is 8.93. The molecule has 0 aliphatic rings. The summed E-state index contributed by atoms with van der Waals surface area (Å²) < 4.78 is 38.7. The van der Waals surface area contributed by atoms with Crippen LogP contribution in [0.15, 0.2) is 0 Å². The van der Waals surface area contributed by atoms with Gasteiger partial charge in [0.2, 0.25) is 0 Å². The maximum Gasteiger partial charge on any atom is 0.310 e. The molecule has 0 aliphatic carbocycles. The predicted octanol–water partition coefficient (Wildman–Crippen LogP) is 1.44. The Labute approximate surface area is 106 Å². The van der Waals surface area contributed by atoms with Crippen molar-refractivity contribution in [3.05, 3.63) is 5.53 Å². The summed E-state index contributed by atoms with van der Waals surface area (Å²) in [7, 11) is 0. The molecule has 17 heavy (non-hydrogen) atoms. The number of rotatable bonds is 6. The lowest BCUT2D eigenvalue weighted by atomic mass is 9.89. The number of hydrogen-bond donors (Lipinski definition) is 2. The van der Waals surface area contributed by atoms with Crippen molar-refractivity contribution in [2.75, 3.05) is 0 Å². The van der Waals surface area contributed by atoms with Crippen LogP contribution in [0.5, 0.6) is 0 Å². The maximum atomic E-state index is 11.4. The van der Waals surface area contributed by atoms with Crippen molar-refractivity contribution in [3.63, 3.8) is 0 Å². The van der Waals surface area contributed by atoms with Crippen molar-refractivity contribution in [2.24, 2.45) is 0 Å². The van der Waals surface area contributed by atoms with Crippen molar-refractivity contribution in [3.8, 4) is 0 Å². The molecular weight excluding hydrogens is 264 g/mol. The molecule has 4 unspecified atom stereocenters. The Bertz CT molecular complexity index is 364. The molecule has 0 rings (SSSR count). The fourth-order valence-corrected chi connectivity index (χ4v) is 2.94. The zero-order chi connectivity index (χ0) is 13.9. The lowest BCUT2D eigenvalue weighted by Gasteiger charge is -2.28. The highest BCUT2D eigenvalue weighted by Crippen LogP contribution is 2.30. The van der Waals surface area contributed by atoms with Gasteiger partial charge in [-0.3, -0.25) is 0 Å². The molecule has 0 bridgehead atoms. The zero-order valence-electron chi connectivity index (χ0n) is 10.3. The van der Waals surface area contributed by atoms with Crippen LogP contribution in [-0.4, -0.2) is 37.5 Å². The van der Waals surface area contributed by atoms with Crippen molar-refractivity contribution in [2.45, 2.75) is 50.0 Å². The van der Waals surface area contributed by atoms with Crippen molar-refractivity contribution in [1.29, 1.82) is 0 Å². The Morgan fingerprint density at radius 3 is 1.53 bits per heavy atom. The molecule has 8 heteroatoms. The molecular formula is C9H18N2O4S2. The van der Waals surface area contributed by atoms with Gasteiger partial charge in [-0.25, -0.2) is 8.42 Å².